The highest BCUT2D eigenvalue weighted by Gasteiger charge is 2.11. The van der Waals surface area contributed by atoms with Crippen LogP contribution in [0.2, 0.25) is 0 Å². The lowest BCUT2D eigenvalue weighted by molar-refractivity contribution is 0.459. The van der Waals surface area contributed by atoms with E-state index in [-0.39, 0.29) is 16.7 Å². The molecule has 0 amide bonds. The SMILES string of the molecule is Oc1[nH]c2ccc(F)cc2c1N=NC(=S)Nc1cccc(F)c1. The number of aromatic nitrogens is 1. The van der Waals surface area contributed by atoms with Crippen LogP contribution in [0.15, 0.2) is 52.7 Å². The lowest BCUT2D eigenvalue weighted by atomic mass is 10.2. The van der Waals surface area contributed by atoms with E-state index in [0.717, 1.165) is 0 Å². The molecule has 0 aliphatic heterocycles. The zero-order chi connectivity index (χ0) is 16.4. The summed E-state index contributed by atoms with van der Waals surface area (Å²) in [6, 6.07) is 9.65. The van der Waals surface area contributed by atoms with Crippen molar-refractivity contribution in [2.45, 2.75) is 0 Å². The molecule has 0 radical (unpaired) electrons. The molecule has 3 rings (SSSR count). The van der Waals surface area contributed by atoms with Gasteiger partial charge in [0.25, 0.3) is 0 Å². The summed E-state index contributed by atoms with van der Waals surface area (Å²) < 4.78 is 26.4. The Balaban J connectivity index is 1.83. The average molecular weight is 332 g/mol. The van der Waals surface area contributed by atoms with Crippen LogP contribution in [-0.4, -0.2) is 15.2 Å². The van der Waals surface area contributed by atoms with Gasteiger partial charge in [-0.3, -0.25) is 0 Å². The molecular formula is C15H10F2N4OS. The number of aromatic amines is 1. The van der Waals surface area contributed by atoms with Gasteiger partial charge < -0.3 is 15.4 Å². The predicted octanol–water partition coefficient (Wildman–Crippen LogP) is 4.63. The van der Waals surface area contributed by atoms with Crippen molar-refractivity contribution in [2.75, 3.05) is 5.32 Å². The van der Waals surface area contributed by atoms with E-state index in [4.69, 9.17) is 12.2 Å². The molecule has 1 aromatic heterocycles. The number of thiocarbonyl (C=S) groups is 1. The van der Waals surface area contributed by atoms with Crippen LogP contribution < -0.4 is 5.32 Å². The maximum Gasteiger partial charge on any atom is 0.218 e. The van der Waals surface area contributed by atoms with Crippen molar-refractivity contribution in [1.29, 1.82) is 0 Å². The monoisotopic (exact) mass is 332 g/mol. The van der Waals surface area contributed by atoms with Crippen molar-refractivity contribution in [2.24, 2.45) is 10.2 Å². The fourth-order valence-corrected chi connectivity index (χ4v) is 2.21. The maximum absolute atomic E-state index is 13.3. The molecule has 23 heavy (non-hydrogen) atoms. The Labute approximate surface area is 134 Å². The molecule has 0 aliphatic rings. The molecular weight excluding hydrogens is 322 g/mol. The summed E-state index contributed by atoms with van der Waals surface area (Å²) in [7, 11) is 0. The topological polar surface area (TPSA) is 72.8 Å². The second-order valence-electron chi connectivity index (χ2n) is 4.65. The van der Waals surface area contributed by atoms with Gasteiger partial charge in [-0.1, -0.05) is 6.07 Å². The molecule has 8 heteroatoms. The van der Waals surface area contributed by atoms with Crippen LogP contribution in [0.3, 0.4) is 0 Å². The normalized spacial score (nSPS) is 11.2. The fourth-order valence-electron chi connectivity index (χ4n) is 2.05. The molecule has 0 atom stereocenters. The molecule has 0 spiro atoms. The van der Waals surface area contributed by atoms with Crippen molar-refractivity contribution in [3.05, 3.63) is 54.1 Å². The number of hydrogen-bond donors (Lipinski definition) is 3. The quantitative estimate of drug-likeness (QED) is 0.473. The van der Waals surface area contributed by atoms with Crippen molar-refractivity contribution in [3.8, 4) is 5.88 Å². The van der Waals surface area contributed by atoms with E-state index in [1.165, 1.54) is 36.4 Å². The third-order valence-corrected chi connectivity index (χ3v) is 3.21. The Bertz CT molecular complexity index is 923. The molecule has 5 nitrogen and oxygen atoms in total. The van der Waals surface area contributed by atoms with Crippen molar-refractivity contribution in [3.63, 3.8) is 0 Å². The molecule has 0 fully saturated rings. The first-order valence-electron chi connectivity index (χ1n) is 6.51. The lowest BCUT2D eigenvalue weighted by Crippen LogP contribution is -2.04. The number of benzene rings is 2. The summed E-state index contributed by atoms with van der Waals surface area (Å²) in [5.74, 6) is -1.13. The molecule has 0 saturated heterocycles. The number of anilines is 1. The Hall–Kier alpha value is -2.87. The summed E-state index contributed by atoms with van der Waals surface area (Å²) in [6.45, 7) is 0. The Morgan fingerprint density at radius 1 is 1.13 bits per heavy atom. The van der Waals surface area contributed by atoms with Crippen LogP contribution in [0.25, 0.3) is 10.9 Å². The first-order chi connectivity index (χ1) is 11.0. The standard InChI is InChI=1S/C15H10F2N4OS/c16-8-2-1-3-10(6-8)18-15(23)21-20-13-11-7-9(17)4-5-12(11)19-14(13)22/h1-7,19,22H,(H,18,23). The van der Waals surface area contributed by atoms with E-state index >= 15 is 0 Å². The van der Waals surface area contributed by atoms with Gasteiger partial charge in [-0.2, -0.15) is 0 Å². The molecule has 1 heterocycles. The van der Waals surface area contributed by atoms with E-state index < -0.39 is 11.6 Å². The van der Waals surface area contributed by atoms with Gasteiger partial charge in [0.2, 0.25) is 11.0 Å². The number of aromatic hydroxyl groups is 1. The zero-order valence-corrected chi connectivity index (χ0v) is 12.4. The summed E-state index contributed by atoms with van der Waals surface area (Å²) in [4.78, 5) is 2.66. The van der Waals surface area contributed by atoms with Crippen LogP contribution in [0.4, 0.5) is 20.2 Å². The van der Waals surface area contributed by atoms with Gasteiger partial charge in [-0.25, -0.2) is 8.78 Å². The van der Waals surface area contributed by atoms with Gasteiger partial charge in [0.15, 0.2) is 5.69 Å². The number of hydrogen-bond acceptors (Lipinski definition) is 3. The third kappa shape index (κ3) is 3.32. The number of H-pyrrole nitrogens is 1. The van der Waals surface area contributed by atoms with Crippen molar-refractivity contribution < 1.29 is 13.9 Å². The van der Waals surface area contributed by atoms with Gasteiger partial charge in [0.1, 0.15) is 11.6 Å². The van der Waals surface area contributed by atoms with Gasteiger partial charge in [0.05, 0.1) is 5.52 Å². The van der Waals surface area contributed by atoms with Crippen LogP contribution in [0.1, 0.15) is 0 Å². The van der Waals surface area contributed by atoms with Crippen molar-refractivity contribution >= 4 is 39.6 Å². The van der Waals surface area contributed by atoms with Crippen molar-refractivity contribution in [1.82, 2.24) is 4.98 Å². The predicted molar refractivity (Wildman–Crippen MR) is 87.1 cm³/mol. The fraction of sp³-hybridized carbons (Fsp3) is 0. The molecule has 116 valence electrons. The molecule has 3 aromatic rings. The molecule has 0 unspecified atom stereocenters. The van der Waals surface area contributed by atoms with Crippen LogP contribution >= 0.6 is 12.2 Å². The first kappa shape index (κ1) is 15.0. The third-order valence-electron chi connectivity index (χ3n) is 3.03. The largest absolute Gasteiger partial charge is 0.493 e. The van der Waals surface area contributed by atoms with Gasteiger partial charge >= 0.3 is 0 Å². The highest BCUT2D eigenvalue weighted by molar-refractivity contribution is 7.80. The molecule has 2 aromatic carbocycles. The number of rotatable bonds is 2. The lowest BCUT2D eigenvalue weighted by Gasteiger charge is -2.02. The summed E-state index contributed by atoms with van der Waals surface area (Å²) in [6.07, 6.45) is 0. The van der Waals surface area contributed by atoms with Gasteiger partial charge in [0, 0.05) is 11.1 Å². The summed E-state index contributed by atoms with van der Waals surface area (Å²) in [5.41, 5.74) is 1.01. The minimum absolute atomic E-state index is 0.0271. The number of azo groups is 1. The second kappa shape index (κ2) is 6.09. The van der Waals surface area contributed by atoms with Gasteiger partial charge in [-0.15, -0.1) is 10.2 Å². The molecule has 0 aliphatic carbocycles. The Kier molecular flexibility index (Phi) is 3.98. The van der Waals surface area contributed by atoms with E-state index in [1.807, 2.05) is 0 Å². The molecule has 3 N–H and O–H groups in total. The summed E-state index contributed by atoms with van der Waals surface area (Å²) in [5, 5.41) is 20.4. The number of halogens is 2. The average Bonchev–Trinajstić information content (AvgIpc) is 2.80. The summed E-state index contributed by atoms with van der Waals surface area (Å²) >= 11 is 4.98. The smallest absolute Gasteiger partial charge is 0.218 e. The van der Waals surface area contributed by atoms with E-state index in [9.17, 15) is 13.9 Å². The van der Waals surface area contributed by atoms with E-state index in [0.29, 0.717) is 16.6 Å². The van der Waals surface area contributed by atoms with Crippen LogP contribution in [-0.2, 0) is 0 Å². The molecule has 0 bridgehead atoms. The Morgan fingerprint density at radius 3 is 2.70 bits per heavy atom. The highest BCUT2D eigenvalue weighted by atomic mass is 32.1. The molecule has 0 saturated carbocycles. The number of fused-ring (bicyclic) bond motifs is 1. The van der Waals surface area contributed by atoms with Gasteiger partial charge in [-0.05, 0) is 48.6 Å². The van der Waals surface area contributed by atoms with Crippen LogP contribution in [0.5, 0.6) is 5.88 Å². The minimum Gasteiger partial charge on any atom is -0.493 e. The highest BCUT2D eigenvalue weighted by Crippen LogP contribution is 2.35. The number of nitrogens with zero attached hydrogens (tertiary/aromatic N) is 2. The van der Waals surface area contributed by atoms with E-state index in [1.54, 1.807) is 6.07 Å². The van der Waals surface area contributed by atoms with E-state index in [2.05, 4.69) is 20.5 Å². The Morgan fingerprint density at radius 2 is 1.91 bits per heavy atom. The zero-order valence-electron chi connectivity index (χ0n) is 11.5. The minimum atomic E-state index is -0.464. The first-order valence-corrected chi connectivity index (χ1v) is 6.92. The maximum atomic E-state index is 13.3. The van der Waals surface area contributed by atoms with Crippen LogP contribution in [0, 0.1) is 11.6 Å². The number of nitrogens with one attached hydrogen (secondary N) is 2. The second-order valence-corrected chi connectivity index (χ2v) is 5.04.